The molecule has 0 atom stereocenters. The molecular weight excluding hydrogens is 577 g/mol. The van der Waals surface area contributed by atoms with Crippen LogP contribution in [0.15, 0.2) is 36.7 Å². The monoisotopic (exact) mass is 599 g/mol. The summed E-state index contributed by atoms with van der Waals surface area (Å²) in [6, 6.07) is 2.74. The topological polar surface area (TPSA) is 131 Å². The van der Waals surface area contributed by atoms with Crippen LogP contribution in [0.25, 0.3) is 0 Å². The van der Waals surface area contributed by atoms with Gasteiger partial charge in [-0.3, -0.25) is 19.1 Å². The minimum absolute atomic E-state index is 0.0823. The Labute approximate surface area is 234 Å². The van der Waals surface area contributed by atoms with Gasteiger partial charge in [0.05, 0.1) is 40.9 Å². The third-order valence-electron chi connectivity index (χ3n) is 6.81. The summed E-state index contributed by atoms with van der Waals surface area (Å²) in [6.45, 7) is -1.51. The van der Waals surface area contributed by atoms with Crippen LogP contribution in [0.3, 0.4) is 0 Å². The highest BCUT2D eigenvalue weighted by atomic mass is 35.5. The van der Waals surface area contributed by atoms with E-state index in [0.29, 0.717) is 21.8 Å². The second-order valence-corrected chi connectivity index (χ2v) is 10.0. The lowest BCUT2D eigenvalue weighted by molar-refractivity contribution is -0.147. The third-order valence-corrected chi connectivity index (χ3v) is 7.13. The van der Waals surface area contributed by atoms with E-state index in [0.717, 1.165) is 12.1 Å². The molecule has 0 bridgehead atoms. The number of pyridine rings is 1. The number of nitrogens with two attached hydrogens (primary N) is 1. The minimum Gasteiger partial charge on any atom is -0.481 e. The molecule has 2 heterocycles. The molecule has 0 unspecified atom stereocenters. The number of rotatable bonds is 8. The van der Waals surface area contributed by atoms with Crippen LogP contribution in [0, 0.1) is 17.6 Å². The number of benzene rings is 1. The van der Waals surface area contributed by atoms with E-state index in [9.17, 15) is 41.4 Å². The standard InChI is InChI=1S/C26H23ClF5N5O4/c27-19-5-6-34-23(33)21(19)20(38)12-36(11-13-7-15(28)9-16(29)8-13)24(39)18-10-35-37(22(18)26(30,31)32)17-3-1-14(2-4-17)25(40)41/h5-10,14,17H,1-4,11-12H2,(H2,33,34)(H,40,41). The first kappa shape index (κ1) is 29.9. The second kappa shape index (κ2) is 11.8. The number of alkyl halides is 3. The van der Waals surface area contributed by atoms with Crippen LogP contribution in [0.2, 0.25) is 5.02 Å². The number of aliphatic carboxylic acids is 1. The van der Waals surface area contributed by atoms with Gasteiger partial charge in [-0.1, -0.05) is 11.6 Å². The number of carboxylic acid groups (broad SMARTS) is 1. The first-order valence-corrected chi connectivity index (χ1v) is 12.7. The number of nitrogens with zero attached hydrogens (tertiary/aromatic N) is 4. The van der Waals surface area contributed by atoms with E-state index in [4.69, 9.17) is 17.3 Å². The van der Waals surface area contributed by atoms with Crippen molar-refractivity contribution in [2.45, 2.75) is 44.4 Å². The number of Topliss-reactive ketones (excluding diaryl/α,β-unsaturated/α-hetero) is 1. The molecule has 1 aliphatic rings. The normalized spacial score (nSPS) is 17.3. The van der Waals surface area contributed by atoms with Gasteiger partial charge in [-0.15, -0.1) is 0 Å². The quantitative estimate of drug-likeness (QED) is 0.270. The molecule has 0 saturated heterocycles. The lowest BCUT2D eigenvalue weighted by Crippen LogP contribution is -2.37. The zero-order chi connectivity index (χ0) is 30.1. The van der Waals surface area contributed by atoms with Gasteiger partial charge in [0.1, 0.15) is 17.5 Å². The number of anilines is 1. The average molecular weight is 600 g/mol. The fraction of sp³-hybridized carbons (Fsp3) is 0.346. The van der Waals surface area contributed by atoms with Gasteiger partial charge in [0.25, 0.3) is 5.91 Å². The van der Waals surface area contributed by atoms with Gasteiger partial charge in [-0.2, -0.15) is 18.3 Å². The molecule has 2 aromatic heterocycles. The zero-order valence-electron chi connectivity index (χ0n) is 21.2. The minimum atomic E-state index is -5.07. The summed E-state index contributed by atoms with van der Waals surface area (Å²) in [6.07, 6.45) is -2.72. The molecule has 15 heteroatoms. The summed E-state index contributed by atoms with van der Waals surface area (Å²) in [5, 5.41) is 12.9. The Kier molecular flexibility index (Phi) is 8.61. The Morgan fingerprint density at radius 2 is 1.73 bits per heavy atom. The van der Waals surface area contributed by atoms with Crippen LogP contribution in [-0.2, 0) is 17.5 Å². The van der Waals surface area contributed by atoms with Crippen molar-refractivity contribution in [2.24, 2.45) is 5.92 Å². The molecule has 1 aliphatic carbocycles. The zero-order valence-corrected chi connectivity index (χ0v) is 21.9. The van der Waals surface area contributed by atoms with Crippen molar-refractivity contribution in [3.05, 3.63) is 75.7 Å². The number of aromatic nitrogens is 3. The van der Waals surface area contributed by atoms with E-state index in [2.05, 4.69) is 10.1 Å². The maximum atomic E-state index is 14.4. The highest BCUT2D eigenvalue weighted by Gasteiger charge is 2.43. The first-order chi connectivity index (χ1) is 19.3. The van der Waals surface area contributed by atoms with Crippen LogP contribution in [-0.4, -0.2) is 49.0 Å². The lowest BCUT2D eigenvalue weighted by atomic mass is 9.86. The van der Waals surface area contributed by atoms with Crippen LogP contribution in [0.1, 0.15) is 63.7 Å². The number of ketones is 1. The van der Waals surface area contributed by atoms with Crippen molar-refractivity contribution >= 4 is 35.1 Å². The van der Waals surface area contributed by atoms with E-state index in [1.54, 1.807) is 0 Å². The molecule has 0 aliphatic heterocycles. The smallest absolute Gasteiger partial charge is 0.433 e. The molecule has 3 aromatic rings. The highest BCUT2D eigenvalue weighted by molar-refractivity contribution is 6.34. The lowest BCUT2D eigenvalue weighted by Gasteiger charge is -2.28. The van der Waals surface area contributed by atoms with Crippen molar-refractivity contribution in [1.29, 1.82) is 0 Å². The molecule has 9 nitrogen and oxygen atoms in total. The third kappa shape index (κ3) is 6.64. The van der Waals surface area contributed by atoms with Gasteiger partial charge in [0, 0.05) is 18.8 Å². The number of amides is 1. The number of hydrogen-bond acceptors (Lipinski definition) is 6. The Balaban J connectivity index is 1.73. The molecule has 0 radical (unpaired) electrons. The van der Waals surface area contributed by atoms with E-state index < -0.39 is 71.8 Å². The summed E-state index contributed by atoms with van der Waals surface area (Å²) in [5.41, 5.74) is 3.06. The molecule has 218 valence electrons. The summed E-state index contributed by atoms with van der Waals surface area (Å²) in [7, 11) is 0. The number of carbonyl (C=O) groups excluding carboxylic acids is 2. The van der Waals surface area contributed by atoms with Gasteiger partial charge in [-0.05, 0) is 49.4 Å². The molecule has 3 N–H and O–H groups in total. The van der Waals surface area contributed by atoms with E-state index in [-0.39, 0.29) is 47.7 Å². The molecule has 1 amide bonds. The Hall–Kier alpha value is -4.07. The largest absolute Gasteiger partial charge is 0.481 e. The Morgan fingerprint density at radius 1 is 1.10 bits per heavy atom. The van der Waals surface area contributed by atoms with Gasteiger partial charge < -0.3 is 15.7 Å². The van der Waals surface area contributed by atoms with Crippen molar-refractivity contribution in [2.75, 3.05) is 12.3 Å². The van der Waals surface area contributed by atoms with Crippen LogP contribution >= 0.6 is 11.6 Å². The molecular formula is C26H23ClF5N5O4. The number of carboxylic acids is 1. The van der Waals surface area contributed by atoms with Crippen LogP contribution < -0.4 is 5.73 Å². The molecule has 1 aromatic carbocycles. The number of hydrogen-bond donors (Lipinski definition) is 2. The maximum Gasteiger partial charge on any atom is 0.433 e. The SMILES string of the molecule is Nc1nccc(Cl)c1C(=O)CN(Cc1cc(F)cc(F)c1)C(=O)c1cnn(C2CCC(C(=O)O)CC2)c1C(F)(F)F. The molecule has 0 spiro atoms. The van der Waals surface area contributed by atoms with Crippen molar-refractivity contribution < 1.29 is 41.4 Å². The maximum absolute atomic E-state index is 14.4. The van der Waals surface area contributed by atoms with E-state index >= 15 is 0 Å². The van der Waals surface area contributed by atoms with Crippen molar-refractivity contribution in [3.63, 3.8) is 0 Å². The van der Waals surface area contributed by atoms with E-state index in [1.807, 2.05) is 0 Å². The molecule has 4 rings (SSSR count). The van der Waals surface area contributed by atoms with Crippen LogP contribution in [0.5, 0.6) is 0 Å². The van der Waals surface area contributed by atoms with Crippen LogP contribution in [0.4, 0.5) is 27.8 Å². The predicted octanol–water partition coefficient (Wildman–Crippen LogP) is 5.15. The number of nitrogen functional groups attached to an aromatic ring is 1. The number of carbonyl (C=O) groups is 3. The highest BCUT2D eigenvalue weighted by Crippen LogP contribution is 2.39. The second-order valence-electron chi connectivity index (χ2n) is 9.61. The van der Waals surface area contributed by atoms with Gasteiger partial charge >= 0.3 is 12.1 Å². The van der Waals surface area contributed by atoms with Crippen molar-refractivity contribution in [3.8, 4) is 0 Å². The average Bonchev–Trinajstić information content (AvgIpc) is 3.33. The summed E-state index contributed by atoms with van der Waals surface area (Å²) < 4.78 is 71.5. The number of halogens is 6. The van der Waals surface area contributed by atoms with Gasteiger partial charge in [0.2, 0.25) is 0 Å². The first-order valence-electron chi connectivity index (χ1n) is 12.3. The van der Waals surface area contributed by atoms with Gasteiger partial charge in [0.15, 0.2) is 11.5 Å². The predicted molar refractivity (Wildman–Crippen MR) is 135 cm³/mol. The van der Waals surface area contributed by atoms with Crippen molar-refractivity contribution in [1.82, 2.24) is 19.7 Å². The molecule has 1 fully saturated rings. The molecule has 41 heavy (non-hydrogen) atoms. The summed E-state index contributed by atoms with van der Waals surface area (Å²) >= 11 is 6.07. The Morgan fingerprint density at radius 3 is 2.29 bits per heavy atom. The fourth-order valence-electron chi connectivity index (χ4n) is 4.92. The Bertz CT molecular complexity index is 1450. The fourth-order valence-corrected chi connectivity index (χ4v) is 5.18. The van der Waals surface area contributed by atoms with E-state index in [1.165, 1.54) is 12.3 Å². The van der Waals surface area contributed by atoms with Gasteiger partial charge in [-0.25, -0.2) is 13.8 Å². The molecule has 1 saturated carbocycles. The summed E-state index contributed by atoms with van der Waals surface area (Å²) in [5.74, 6) is -6.19. The summed E-state index contributed by atoms with van der Waals surface area (Å²) in [4.78, 5) is 42.5.